The molecule has 0 aromatic rings. The number of urea groups is 1. The highest BCUT2D eigenvalue weighted by molar-refractivity contribution is 5.78. The second-order valence-corrected chi connectivity index (χ2v) is 6.58. The molecule has 142 valence electrons. The molecule has 3 amide bonds. The minimum atomic E-state index is -2.52. The number of halogens is 1. The summed E-state index contributed by atoms with van der Waals surface area (Å²) in [5.41, 5.74) is 0.585. The first-order valence-corrected chi connectivity index (χ1v) is 7.64. The number of nitrogens with one attached hydrogen (secondary N) is 1. The van der Waals surface area contributed by atoms with Crippen molar-refractivity contribution in [1.82, 2.24) is 15.3 Å². The first-order valence-electron chi connectivity index (χ1n) is 7.64. The van der Waals surface area contributed by atoms with E-state index in [0.29, 0.717) is 13.1 Å². The number of fused-ring (bicyclic) bond motifs is 2. The zero-order chi connectivity index (χ0) is 19.4. The summed E-state index contributed by atoms with van der Waals surface area (Å²) < 4.78 is 17.7. The lowest BCUT2D eigenvalue weighted by molar-refractivity contribution is -0.219. The fourth-order valence-electron chi connectivity index (χ4n) is 2.19. The third kappa shape index (κ3) is 6.22. The number of carbonyl (C=O) groups is 3. The van der Waals surface area contributed by atoms with E-state index in [1.54, 1.807) is 6.08 Å². The van der Waals surface area contributed by atoms with Crippen LogP contribution in [0.1, 0.15) is 27.7 Å². The van der Waals surface area contributed by atoms with Gasteiger partial charge < -0.3 is 20.1 Å². The normalized spacial score (nSPS) is 20.3. The first kappa shape index (κ1) is 20.7. The number of nitrogens with zero attached hydrogens (tertiary/aromatic N) is 2. The maximum Gasteiger partial charge on any atom is 0.407 e. The minimum absolute atomic E-state index is 0.387. The van der Waals surface area contributed by atoms with Crippen LogP contribution in [-0.4, -0.2) is 71.3 Å². The molecule has 25 heavy (non-hydrogen) atoms. The van der Waals surface area contributed by atoms with Crippen molar-refractivity contribution in [3.05, 3.63) is 11.6 Å². The predicted molar refractivity (Wildman–Crippen MR) is 85.3 cm³/mol. The van der Waals surface area contributed by atoms with Crippen LogP contribution in [-0.2, 0) is 14.4 Å². The van der Waals surface area contributed by atoms with Crippen LogP contribution >= 0.6 is 0 Å². The van der Waals surface area contributed by atoms with Gasteiger partial charge in [0, 0.05) is 20.1 Å². The molecule has 2 rings (SSSR count). The molecule has 1 saturated heterocycles. The molecule has 0 aromatic carbocycles. The second kappa shape index (κ2) is 8.15. The number of alkyl halides is 1. The van der Waals surface area contributed by atoms with Crippen LogP contribution in [0.5, 0.6) is 0 Å². The van der Waals surface area contributed by atoms with Crippen molar-refractivity contribution < 1.29 is 33.5 Å². The van der Waals surface area contributed by atoms with E-state index in [9.17, 15) is 18.8 Å². The van der Waals surface area contributed by atoms with E-state index in [-0.39, 0.29) is 11.7 Å². The van der Waals surface area contributed by atoms with E-state index >= 15 is 0 Å². The largest absolute Gasteiger partial charge is 0.477 e. The number of carboxylic acid groups (broad SMARTS) is 1. The summed E-state index contributed by atoms with van der Waals surface area (Å²) in [5.74, 6) is -1.75. The fraction of sp³-hybridized carbons (Fsp3) is 0.667. The molecule has 9 nitrogen and oxygen atoms in total. The highest BCUT2D eigenvalue weighted by atomic mass is 19.1. The summed E-state index contributed by atoms with van der Waals surface area (Å²) in [5, 5.41) is 11.5. The zero-order valence-corrected chi connectivity index (χ0v) is 14.9. The van der Waals surface area contributed by atoms with E-state index < -0.39 is 24.4 Å². The van der Waals surface area contributed by atoms with Crippen molar-refractivity contribution in [2.24, 2.45) is 0 Å². The SMILES string of the molecule is CC1=CC2CN(C1)C(=O)N2OC(F)C(=O)O.CNC(=O)OC(C)(C)C. The van der Waals surface area contributed by atoms with Crippen LogP contribution in [0.4, 0.5) is 14.0 Å². The smallest absolute Gasteiger partial charge is 0.407 e. The van der Waals surface area contributed by atoms with Crippen molar-refractivity contribution >= 4 is 18.1 Å². The Kier molecular flexibility index (Phi) is 6.74. The van der Waals surface area contributed by atoms with Crippen molar-refractivity contribution in [2.75, 3.05) is 20.1 Å². The lowest BCUT2D eigenvalue weighted by Crippen LogP contribution is -2.38. The maximum atomic E-state index is 12.9. The molecule has 2 atom stereocenters. The lowest BCUT2D eigenvalue weighted by atomic mass is 10.1. The average Bonchev–Trinajstić information content (AvgIpc) is 2.69. The van der Waals surface area contributed by atoms with Gasteiger partial charge in [0.15, 0.2) is 0 Å². The molecule has 0 radical (unpaired) electrons. The molecule has 1 fully saturated rings. The molecule has 10 heteroatoms. The Hall–Kier alpha value is -2.36. The predicted octanol–water partition coefficient (Wildman–Crippen LogP) is 1.51. The molecule has 2 aliphatic heterocycles. The average molecular weight is 361 g/mol. The van der Waals surface area contributed by atoms with Crippen molar-refractivity contribution in [2.45, 2.75) is 45.7 Å². The van der Waals surface area contributed by atoms with Crippen LogP contribution < -0.4 is 5.32 Å². The van der Waals surface area contributed by atoms with Gasteiger partial charge in [-0.1, -0.05) is 11.6 Å². The summed E-state index contributed by atoms with van der Waals surface area (Å²) >= 11 is 0. The van der Waals surface area contributed by atoms with Crippen LogP contribution in [0.3, 0.4) is 0 Å². The van der Waals surface area contributed by atoms with Gasteiger partial charge in [0.1, 0.15) is 5.60 Å². The van der Waals surface area contributed by atoms with Gasteiger partial charge in [0.25, 0.3) is 0 Å². The summed E-state index contributed by atoms with van der Waals surface area (Å²) in [6.45, 7) is 8.19. The number of carboxylic acids is 1. The molecule has 0 spiro atoms. The van der Waals surface area contributed by atoms with Crippen molar-refractivity contribution in [3.63, 3.8) is 0 Å². The van der Waals surface area contributed by atoms with Crippen molar-refractivity contribution in [3.8, 4) is 0 Å². The number of carbonyl (C=O) groups excluding carboxylic acids is 2. The van der Waals surface area contributed by atoms with Crippen LogP contribution in [0, 0.1) is 0 Å². The van der Waals surface area contributed by atoms with E-state index in [1.165, 1.54) is 11.9 Å². The third-order valence-electron chi connectivity index (χ3n) is 3.09. The quantitative estimate of drug-likeness (QED) is 0.738. The molecule has 2 heterocycles. The Morgan fingerprint density at radius 1 is 1.44 bits per heavy atom. The van der Waals surface area contributed by atoms with Crippen LogP contribution in [0.15, 0.2) is 11.6 Å². The van der Waals surface area contributed by atoms with E-state index in [0.717, 1.165) is 10.6 Å². The molecule has 2 N–H and O–H groups in total. The molecule has 2 aliphatic rings. The Balaban J connectivity index is 0.000000299. The number of hydrogen-bond donors (Lipinski definition) is 2. The van der Waals surface area contributed by atoms with Gasteiger partial charge in [-0.25, -0.2) is 23.6 Å². The first-order chi connectivity index (χ1) is 11.4. The van der Waals surface area contributed by atoms with Gasteiger partial charge in [-0.15, -0.1) is 0 Å². The molecule has 0 aromatic heterocycles. The molecule has 2 bridgehead atoms. The van der Waals surface area contributed by atoms with E-state index in [1.807, 2.05) is 27.7 Å². The van der Waals surface area contributed by atoms with Gasteiger partial charge in [-0.05, 0) is 27.7 Å². The highest BCUT2D eigenvalue weighted by Gasteiger charge is 2.42. The van der Waals surface area contributed by atoms with Gasteiger partial charge in [0.05, 0.1) is 6.04 Å². The Bertz CT molecular complexity index is 560. The monoisotopic (exact) mass is 361 g/mol. The molecule has 0 saturated carbocycles. The summed E-state index contributed by atoms with van der Waals surface area (Å²) in [6.07, 6.45) is -1.13. The summed E-state index contributed by atoms with van der Waals surface area (Å²) in [4.78, 5) is 38.4. The van der Waals surface area contributed by atoms with Gasteiger partial charge >= 0.3 is 24.5 Å². The highest BCUT2D eigenvalue weighted by Crippen LogP contribution is 2.25. The van der Waals surface area contributed by atoms with Gasteiger partial charge in [0.2, 0.25) is 0 Å². The maximum absolute atomic E-state index is 12.9. The topological polar surface area (TPSA) is 108 Å². The van der Waals surface area contributed by atoms with Crippen LogP contribution in [0.2, 0.25) is 0 Å². The fourth-order valence-corrected chi connectivity index (χ4v) is 2.19. The zero-order valence-electron chi connectivity index (χ0n) is 14.9. The number of rotatable bonds is 3. The molecular weight excluding hydrogens is 337 g/mol. The van der Waals surface area contributed by atoms with E-state index in [4.69, 9.17) is 9.84 Å². The standard InChI is InChI=1S/C9H11FN2O4.C6H13NO2/c1-5-2-6-4-11(3-5)9(15)12(6)16-7(10)8(13)14;1-6(2,3)9-5(8)7-4/h2,6-7H,3-4H2,1H3,(H,13,14);1-4H3,(H,7,8). The number of alkyl carbamates (subject to hydrolysis) is 1. The Morgan fingerprint density at radius 3 is 2.48 bits per heavy atom. The van der Waals surface area contributed by atoms with Crippen LogP contribution in [0.25, 0.3) is 0 Å². The number of ether oxygens (including phenoxy) is 1. The molecular formula is C15H24FN3O6. The number of aliphatic carboxylic acids is 1. The van der Waals surface area contributed by atoms with Gasteiger partial charge in [-0.3, -0.25) is 0 Å². The number of hydroxylamine groups is 2. The van der Waals surface area contributed by atoms with Gasteiger partial charge in [-0.2, -0.15) is 5.06 Å². The Labute approximate surface area is 145 Å². The lowest BCUT2D eigenvalue weighted by Gasteiger charge is -2.20. The third-order valence-corrected chi connectivity index (χ3v) is 3.09. The molecule has 0 aliphatic carbocycles. The van der Waals surface area contributed by atoms with E-state index in [2.05, 4.69) is 10.2 Å². The Morgan fingerprint density at radius 2 is 2.04 bits per heavy atom. The van der Waals surface area contributed by atoms with Crippen molar-refractivity contribution in [1.29, 1.82) is 0 Å². The molecule has 2 unspecified atom stereocenters. The minimum Gasteiger partial charge on any atom is -0.477 e. The number of hydrogen-bond acceptors (Lipinski definition) is 5. The second-order valence-electron chi connectivity index (χ2n) is 6.58. The summed E-state index contributed by atoms with van der Waals surface area (Å²) in [7, 11) is 1.54. The summed E-state index contributed by atoms with van der Waals surface area (Å²) in [6, 6.07) is -0.902. The number of amides is 3.